The lowest BCUT2D eigenvalue weighted by molar-refractivity contribution is 0.0204. The van der Waals surface area contributed by atoms with E-state index >= 15 is 0 Å². The van der Waals surface area contributed by atoms with Gasteiger partial charge in [0.1, 0.15) is 11.6 Å². The number of carbonyl (C=O) groups excluding carboxylic acids is 1. The summed E-state index contributed by atoms with van der Waals surface area (Å²) in [5.74, 6) is 0.480. The van der Waals surface area contributed by atoms with Crippen molar-refractivity contribution < 1.29 is 13.9 Å². The number of amides is 1. The van der Waals surface area contributed by atoms with Crippen LogP contribution < -0.4 is 0 Å². The van der Waals surface area contributed by atoms with Gasteiger partial charge in [0.05, 0.1) is 0 Å². The summed E-state index contributed by atoms with van der Waals surface area (Å²) in [4.78, 5) is 13.6. The number of hydrogen-bond acceptors (Lipinski definition) is 5. The van der Waals surface area contributed by atoms with E-state index in [0.717, 1.165) is 12.8 Å². The molecule has 1 aliphatic rings. The predicted molar refractivity (Wildman–Crippen MR) is 59.2 cm³/mol. The average Bonchev–Trinajstić information content (AvgIpc) is 2.85. The third-order valence-corrected chi connectivity index (χ3v) is 2.54. The summed E-state index contributed by atoms with van der Waals surface area (Å²) in [6.45, 7) is 6.22. The molecule has 17 heavy (non-hydrogen) atoms. The fourth-order valence-corrected chi connectivity index (χ4v) is 1.89. The van der Waals surface area contributed by atoms with Gasteiger partial charge in [0.25, 0.3) is 0 Å². The molecular formula is C11H17N3O3. The van der Waals surface area contributed by atoms with Crippen LogP contribution in [0.15, 0.2) is 10.8 Å². The van der Waals surface area contributed by atoms with Crippen LogP contribution in [0.3, 0.4) is 0 Å². The molecule has 1 saturated heterocycles. The maximum atomic E-state index is 12.0. The number of ether oxygens (including phenoxy) is 1. The average molecular weight is 239 g/mol. The quantitative estimate of drug-likeness (QED) is 0.751. The largest absolute Gasteiger partial charge is 0.444 e. The maximum Gasteiger partial charge on any atom is 0.410 e. The third kappa shape index (κ3) is 2.75. The van der Waals surface area contributed by atoms with Crippen molar-refractivity contribution in [1.82, 2.24) is 15.1 Å². The Morgan fingerprint density at radius 2 is 2.35 bits per heavy atom. The van der Waals surface area contributed by atoms with E-state index < -0.39 is 5.60 Å². The van der Waals surface area contributed by atoms with Crippen LogP contribution in [0.5, 0.6) is 0 Å². The molecule has 1 aliphatic heterocycles. The predicted octanol–water partition coefficient (Wildman–Crippen LogP) is 2.14. The van der Waals surface area contributed by atoms with E-state index in [-0.39, 0.29) is 12.1 Å². The summed E-state index contributed by atoms with van der Waals surface area (Å²) >= 11 is 0. The van der Waals surface area contributed by atoms with Crippen molar-refractivity contribution in [2.75, 3.05) is 6.54 Å². The Morgan fingerprint density at radius 3 is 2.94 bits per heavy atom. The third-order valence-electron chi connectivity index (χ3n) is 2.54. The van der Waals surface area contributed by atoms with Gasteiger partial charge in [-0.25, -0.2) is 4.79 Å². The number of likely N-dealkylation sites (tertiary alicyclic amines) is 1. The van der Waals surface area contributed by atoms with Crippen molar-refractivity contribution in [3.05, 3.63) is 12.3 Å². The highest BCUT2D eigenvalue weighted by Gasteiger charge is 2.35. The van der Waals surface area contributed by atoms with Crippen molar-refractivity contribution >= 4 is 6.09 Å². The van der Waals surface area contributed by atoms with Crippen molar-refractivity contribution in [2.45, 2.75) is 45.3 Å². The molecular weight excluding hydrogens is 222 g/mol. The van der Waals surface area contributed by atoms with E-state index in [1.807, 2.05) is 20.8 Å². The van der Waals surface area contributed by atoms with E-state index in [1.54, 1.807) is 4.90 Å². The van der Waals surface area contributed by atoms with Gasteiger partial charge in [-0.3, -0.25) is 4.90 Å². The molecule has 0 aliphatic carbocycles. The Labute approximate surface area is 99.9 Å². The summed E-state index contributed by atoms with van der Waals surface area (Å²) in [5.41, 5.74) is -0.487. The summed E-state index contributed by atoms with van der Waals surface area (Å²) in [5, 5.41) is 7.50. The van der Waals surface area contributed by atoms with Gasteiger partial charge in [-0.05, 0) is 33.6 Å². The number of hydrogen-bond donors (Lipinski definition) is 0. The van der Waals surface area contributed by atoms with Gasteiger partial charge in [0, 0.05) is 6.54 Å². The molecule has 2 heterocycles. The highest BCUT2D eigenvalue weighted by molar-refractivity contribution is 5.69. The number of nitrogens with zero attached hydrogens (tertiary/aromatic N) is 3. The first-order chi connectivity index (χ1) is 7.97. The first kappa shape index (κ1) is 11.9. The first-order valence-electron chi connectivity index (χ1n) is 5.73. The Kier molecular flexibility index (Phi) is 3.04. The molecule has 0 spiro atoms. The van der Waals surface area contributed by atoms with Crippen molar-refractivity contribution in [2.24, 2.45) is 0 Å². The molecule has 1 aromatic rings. The fraction of sp³-hybridized carbons (Fsp3) is 0.727. The Morgan fingerprint density at radius 1 is 1.59 bits per heavy atom. The van der Waals surface area contributed by atoms with Gasteiger partial charge < -0.3 is 9.15 Å². The van der Waals surface area contributed by atoms with Crippen LogP contribution in [0.4, 0.5) is 4.79 Å². The minimum atomic E-state index is -0.487. The summed E-state index contributed by atoms with van der Waals surface area (Å²) in [6.07, 6.45) is 2.72. The van der Waals surface area contributed by atoms with E-state index in [2.05, 4.69) is 10.2 Å². The SMILES string of the molecule is CC(C)(C)OC(=O)N1CCC[C@H]1c1nnco1. The van der Waals surface area contributed by atoms with E-state index in [0.29, 0.717) is 12.4 Å². The number of aromatic nitrogens is 2. The standard InChI is InChI=1S/C11H17N3O3/c1-11(2,3)17-10(15)14-6-4-5-8(14)9-13-12-7-16-9/h7-8H,4-6H2,1-3H3/t8-/m0/s1. The second-order valence-electron chi connectivity index (χ2n) is 5.11. The van der Waals surface area contributed by atoms with Crippen LogP contribution in [0.25, 0.3) is 0 Å². The second kappa shape index (κ2) is 4.35. The lowest BCUT2D eigenvalue weighted by Gasteiger charge is -2.27. The van der Waals surface area contributed by atoms with Gasteiger partial charge in [-0.2, -0.15) is 0 Å². The highest BCUT2D eigenvalue weighted by Crippen LogP contribution is 2.31. The molecule has 1 amide bonds. The molecule has 1 atom stereocenters. The zero-order valence-electron chi connectivity index (χ0n) is 10.3. The van der Waals surface area contributed by atoms with Gasteiger partial charge >= 0.3 is 6.09 Å². The van der Waals surface area contributed by atoms with Crippen LogP contribution in [-0.4, -0.2) is 33.3 Å². The lowest BCUT2D eigenvalue weighted by Crippen LogP contribution is -2.36. The molecule has 0 N–H and O–H groups in total. The number of carbonyl (C=O) groups is 1. The normalized spacial score (nSPS) is 20.6. The maximum absolute atomic E-state index is 12.0. The van der Waals surface area contributed by atoms with Crippen molar-refractivity contribution in [3.8, 4) is 0 Å². The second-order valence-corrected chi connectivity index (χ2v) is 5.11. The molecule has 0 unspecified atom stereocenters. The smallest absolute Gasteiger partial charge is 0.410 e. The van der Waals surface area contributed by atoms with Crippen LogP contribution in [0, 0.1) is 0 Å². The summed E-state index contributed by atoms with van der Waals surface area (Å²) in [7, 11) is 0. The molecule has 1 fully saturated rings. The van der Waals surface area contributed by atoms with E-state index in [1.165, 1.54) is 6.39 Å². The highest BCUT2D eigenvalue weighted by atomic mass is 16.6. The zero-order valence-corrected chi connectivity index (χ0v) is 10.3. The molecule has 0 saturated carbocycles. The van der Waals surface area contributed by atoms with Crippen LogP contribution in [0.1, 0.15) is 45.5 Å². The van der Waals surface area contributed by atoms with Crippen LogP contribution in [-0.2, 0) is 4.74 Å². The number of rotatable bonds is 1. The zero-order chi connectivity index (χ0) is 12.5. The Balaban J connectivity index is 2.07. The van der Waals surface area contributed by atoms with Gasteiger partial charge in [-0.15, -0.1) is 10.2 Å². The lowest BCUT2D eigenvalue weighted by atomic mass is 10.2. The van der Waals surface area contributed by atoms with Gasteiger partial charge in [0.15, 0.2) is 0 Å². The van der Waals surface area contributed by atoms with Gasteiger partial charge in [-0.1, -0.05) is 0 Å². The molecule has 0 bridgehead atoms. The molecule has 6 nitrogen and oxygen atoms in total. The summed E-state index contributed by atoms with van der Waals surface area (Å²) < 4.78 is 10.5. The molecule has 0 aromatic carbocycles. The fourth-order valence-electron chi connectivity index (χ4n) is 1.89. The van der Waals surface area contributed by atoms with Crippen molar-refractivity contribution in [1.29, 1.82) is 0 Å². The monoisotopic (exact) mass is 239 g/mol. The summed E-state index contributed by atoms with van der Waals surface area (Å²) in [6, 6.07) is -0.146. The first-order valence-corrected chi connectivity index (χ1v) is 5.73. The van der Waals surface area contributed by atoms with E-state index in [4.69, 9.17) is 9.15 Å². The minimum Gasteiger partial charge on any atom is -0.444 e. The van der Waals surface area contributed by atoms with E-state index in [9.17, 15) is 4.79 Å². The molecule has 6 heteroatoms. The molecule has 1 aromatic heterocycles. The van der Waals surface area contributed by atoms with Crippen molar-refractivity contribution in [3.63, 3.8) is 0 Å². The van der Waals surface area contributed by atoms with Crippen LogP contribution >= 0.6 is 0 Å². The molecule has 94 valence electrons. The Hall–Kier alpha value is -1.59. The molecule has 2 rings (SSSR count). The van der Waals surface area contributed by atoms with Gasteiger partial charge in [0.2, 0.25) is 12.3 Å². The van der Waals surface area contributed by atoms with Crippen LogP contribution in [0.2, 0.25) is 0 Å². The topological polar surface area (TPSA) is 68.5 Å². The molecule has 0 radical (unpaired) electrons. The Bertz CT molecular complexity index is 383. The minimum absolute atomic E-state index is 0.146.